The van der Waals surface area contributed by atoms with Gasteiger partial charge in [-0.3, -0.25) is 0 Å². The second-order valence-corrected chi connectivity index (χ2v) is 12.9. The van der Waals surface area contributed by atoms with E-state index in [1.54, 1.807) is 0 Å². The zero-order valence-corrected chi connectivity index (χ0v) is 24.6. The summed E-state index contributed by atoms with van der Waals surface area (Å²) in [6, 6.07) is 17.6. The minimum absolute atomic E-state index is 0.119. The van der Waals surface area contributed by atoms with Crippen LogP contribution in [0.4, 0.5) is 0 Å². The van der Waals surface area contributed by atoms with Crippen LogP contribution in [-0.4, -0.2) is 27.7 Å². The maximum absolute atomic E-state index is 11.2. The summed E-state index contributed by atoms with van der Waals surface area (Å²) < 4.78 is 35.4. The van der Waals surface area contributed by atoms with E-state index in [0.717, 1.165) is 32.1 Å². The molecule has 190 valence electrons. The Hall–Kier alpha value is -1.35. The van der Waals surface area contributed by atoms with Gasteiger partial charge in [0.1, 0.15) is 12.2 Å². The second kappa shape index (κ2) is 10.4. The van der Waals surface area contributed by atoms with Gasteiger partial charge in [0.25, 0.3) is 0 Å². The highest BCUT2D eigenvalue weighted by Crippen LogP contribution is 2.55. The van der Waals surface area contributed by atoms with E-state index in [-0.39, 0.29) is 23.4 Å². The molecule has 3 aromatic rings. The lowest BCUT2D eigenvalue weighted by Gasteiger charge is -2.36. The fourth-order valence-electron chi connectivity index (χ4n) is 5.57. The summed E-state index contributed by atoms with van der Waals surface area (Å²) in [5.74, 6) is 0.198. The molecular formula is C29H30Br2O4S. The molecular weight excluding hydrogens is 604 g/mol. The van der Waals surface area contributed by atoms with Gasteiger partial charge in [-0.05, 0) is 93.7 Å². The van der Waals surface area contributed by atoms with Crippen molar-refractivity contribution in [1.82, 2.24) is 0 Å². The predicted octanol–water partition coefficient (Wildman–Crippen LogP) is 8.34. The summed E-state index contributed by atoms with van der Waals surface area (Å²) in [7, 11) is 0. The van der Waals surface area contributed by atoms with Crippen molar-refractivity contribution in [3.05, 3.63) is 79.7 Å². The Bertz CT molecular complexity index is 1340. The molecule has 0 fully saturated rings. The van der Waals surface area contributed by atoms with E-state index in [1.807, 2.05) is 0 Å². The van der Waals surface area contributed by atoms with Gasteiger partial charge in [-0.15, -0.1) is 0 Å². The second-order valence-electron chi connectivity index (χ2n) is 9.99. The van der Waals surface area contributed by atoms with E-state index in [2.05, 4.69) is 101 Å². The van der Waals surface area contributed by atoms with Crippen molar-refractivity contribution in [1.29, 1.82) is 0 Å². The van der Waals surface area contributed by atoms with Crippen molar-refractivity contribution in [2.75, 3.05) is 19.0 Å². The summed E-state index contributed by atoms with van der Waals surface area (Å²) in [6.45, 7) is 7.72. The van der Waals surface area contributed by atoms with Gasteiger partial charge in [0.15, 0.2) is 11.1 Å². The lowest BCUT2D eigenvalue weighted by molar-refractivity contribution is -0.0789. The molecule has 0 heterocycles. The third kappa shape index (κ3) is 4.67. The van der Waals surface area contributed by atoms with Gasteiger partial charge in [0.05, 0.1) is 5.75 Å². The SMILES string of the molecule is CCCOC1c2cc3c(cc2-c2ccc(Br)cc2C1OCCCS(=O)O)C(C)(C)c1cc(Br)ccc1-3. The highest BCUT2D eigenvalue weighted by Gasteiger charge is 2.41. The molecule has 4 nitrogen and oxygen atoms in total. The van der Waals surface area contributed by atoms with Crippen LogP contribution in [0, 0.1) is 0 Å². The fraction of sp³-hybridized carbons (Fsp3) is 0.379. The Kier molecular flexibility index (Phi) is 7.61. The molecule has 2 aliphatic rings. The number of ether oxygens (including phenoxy) is 2. The first-order valence-corrected chi connectivity index (χ1v) is 15.2. The van der Waals surface area contributed by atoms with Crippen molar-refractivity contribution in [2.24, 2.45) is 0 Å². The molecule has 7 heteroatoms. The minimum Gasteiger partial charge on any atom is -0.370 e. The Morgan fingerprint density at radius 2 is 1.44 bits per heavy atom. The lowest BCUT2D eigenvalue weighted by atomic mass is 9.76. The molecule has 0 radical (unpaired) electrons. The van der Waals surface area contributed by atoms with Crippen LogP contribution < -0.4 is 0 Å². The van der Waals surface area contributed by atoms with Crippen LogP contribution in [0.15, 0.2) is 57.5 Å². The minimum atomic E-state index is -1.82. The topological polar surface area (TPSA) is 55.8 Å². The fourth-order valence-corrected chi connectivity index (χ4v) is 6.68. The van der Waals surface area contributed by atoms with Gasteiger partial charge in [0.2, 0.25) is 0 Å². The van der Waals surface area contributed by atoms with Crippen LogP contribution in [0.3, 0.4) is 0 Å². The van der Waals surface area contributed by atoms with Gasteiger partial charge in [-0.25, -0.2) is 4.21 Å². The van der Waals surface area contributed by atoms with Crippen LogP contribution in [0.5, 0.6) is 0 Å². The van der Waals surface area contributed by atoms with E-state index < -0.39 is 11.1 Å². The third-order valence-electron chi connectivity index (χ3n) is 7.26. The summed E-state index contributed by atoms with van der Waals surface area (Å²) in [5, 5.41) is 0. The van der Waals surface area contributed by atoms with Crippen LogP contribution >= 0.6 is 31.9 Å². The first-order valence-electron chi connectivity index (χ1n) is 12.3. The summed E-state index contributed by atoms with van der Waals surface area (Å²) in [4.78, 5) is 0. The highest BCUT2D eigenvalue weighted by atomic mass is 79.9. The van der Waals surface area contributed by atoms with Gasteiger partial charge >= 0.3 is 0 Å². The average Bonchev–Trinajstić information content (AvgIpc) is 3.05. The Morgan fingerprint density at radius 3 is 2.14 bits per heavy atom. The molecule has 0 aliphatic heterocycles. The van der Waals surface area contributed by atoms with Crippen LogP contribution in [0.25, 0.3) is 22.3 Å². The molecule has 0 saturated heterocycles. The Balaban J connectivity index is 1.67. The molecule has 3 unspecified atom stereocenters. The van der Waals surface area contributed by atoms with Crippen molar-refractivity contribution < 1.29 is 18.2 Å². The normalized spacial score (nSPS) is 19.8. The number of benzene rings is 3. The molecule has 1 N–H and O–H groups in total. The van der Waals surface area contributed by atoms with Crippen molar-refractivity contribution >= 4 is 42.9 Å². The van der Waals surface area contributed by atoms with Crippen LogP contribution in [0.1, 0.15) is 68.1 Å². The van der Waals surface area contributed by atoms with E-state index in [0.29, 0.717) is 19.6 Å². The molecule has 0 bridgehead atoms. The zero-order valence-electron chi connectivity index (χ0n) is 20.6. The summed E-state index contributed by atoms with van der Waals surface area (Å²) >= 11 is 5.49. The quantitative estimate of drug-likeness (QED) is 0.200. The highest BCUT2D eigenvalue weighted by molar-refractivity contribution is 9.10. The van der Waals surface area contributed by atoms with Crippen LogP contribution in [-0.2, 0) is 26.0 Å². The Labute approximate surface area is 232 Å². The molecule has 0 saturated carbocycles. The molecule has 0 spiro atoms. The van der Waals surface area contributed by atoms with Gasteiger partial charge in [-0.2, -0.15) is 0 Å². The van der Waals surface area contributed by atoms with E-state index in [9.17, 15) is 8.76 Å². The molecule has 5 rings (SSSR count). The molecule has 3 aromatic carbocycles. The van der Waals surface area contributed by atoms with Gasteiger partial charge in [-0.1, -0.05) is 64.8 Å². The van der Waals surface area contributed by atoms with E-state index >= 15 is 0 Å². The molecule has 0 aromatic heterocycles. The van der Waals surface area contributed by atoms with Crippen molar-refractivity contribution in [2.45, 2.75) is 51.2 Å². The van der Waals surface area contributed by atoms with Gasteiger partial charge in [0, 0.05) is 27.6 Å². The van der Waals surface area contributed by atoms with Crippen molar-refractivity contribution in [3.8, 4) is 22.3 Å². The zero-order chi connectivity index (χ0) is 25.6. The molecule has 2 aliphatic carbocycles. The predicted molar refractivity (Wildman–Crippen MR) is 153 cm³/mol. The largest absolute Gasteiger partial charge is 0.370 e. The van der Waals surface area contributed by atoms with E-state index in [4.69, 9.17) is 9.47 Å². The molecule has 36 heavy (non-hydrogen) atoms. The third-order valence-corrected chi connectivity index (χ3v) is 8.89. The first kappa shape index (κ1) is 26.3. The van der Waals surface area contributed by atoms with Crippen LogP contribution in [0.2, 0.25) is 0 Å². The monoisotopic (exact) mass is 632 g/mol. The molecule has 0 amide bonds. The number of hydrogen-bond acceptors (Lipinski definition) is 3. The Morgan fingerprint density at radius 1 is 0.833 bits per heavy atom. The maximum Gasteiger partial charge on any atom is 0.152 e. The molecule has 3 atom stereocenters. The maximum atomic E-state index is 11.2. The average molecular weight is 634 g/mol. The standard InChI is InChI=1S/C29H30Br2O4S/c1-4-10-34-28-24-15-22-20-9-7-18(31)14-25(20)29(2,3)26(22)16-21(24)19-8-6-17(30)13-23(19)27(28)35-11-5-12-36(32)33/h6-9,13-16,27-28H,4-5,10-12H2,1-3H3,(H,32,33). The summed E-state index contributed by atoms with van der Waals surface area (Å²) in [5.41, 5.74) is 9.60. The smallest absolute Gasteiger partial charge is 0.152 e. The van der Waals surface area contributed by atoms with E-state index in [1.165, 1.54) is 27.8 Å². The number of fused-ring (bicyclic) bond motifs is 6. The summed E-state index contributed by atoms with van der Waals surface area (Å²) in [6.07, 6.45) is 0.842. The number of rotatable bonds is 8. The van der Waals surface area contributed by atoms with Gasteiger partial charge < -0.3 is 14.0 Å². The number of halogens is 2. The van der Waals surface area contributed by atoms with Crippen molar-refractivity contribution in [3.63, 3.8) is 0 Å². The lowest BCUT2D eigenvalue weighted by Crippen LogP contribution is -2.24. The first-order chi connectivity index (χ1) is 17.2. The number of hydrogen-bond donors (Lipinski definition) is 1.